The lowest BCUT2D eigenvalue weighted by Gasteiger charge is -2.18. The molecule has 0 fully saturated rings. The number of pyridine rings is 1. The predicted molar refractivity (Wildman–Crippen MR) is 87.9 cm³/mol. The van der Waals surface area contributed by atoms with Crippen molar-refractivity contribution in [1.29, 1.82) is 0 Å². The summed E-state index contributed by atoms with van der Waals surface area (Å²) >= 11 is 0. The number of carboxylic acids is 1. The molecule has 1 aliphatic rings. The topological polar surface area (TPSA) is 84.8 Å². The van der Waals surface area contributed by atoms with Gasteiger partial charge in [-0.2, -0.15) is 0 Å². The highest BCUT2D eigenvalue weighted by Crippen LogP contribution is 2.29. The van der Waals surface area contributed by atoms with Crippen LogP contribution in [0.5, 0.6) is 0 Å². The zero-order valence-electron chi connectivity index (χ0n) is 12.7. The van der Waals surface area contributed by atoms with Crippen LogP contribution in [0, 0.1) is 0 Å². The fourth-order valence-corrected chi connectivity index (χ4v) is 3.05. The molecule has 0 radical (unpaired) electrons. The van der Waals surface area contributed by atoms with Gasteiger partial charge in [-0.25, -0.2) is 9.78 Å². The molecular formula is C18H14N2O4. The summed E-state index contributed by atoms with van der Waals surface area (Å²) in [7, 11) is 0. The number of furan rings is 1. The number of fused-ring (bicyclic) bond motifs is 2. The average molecular weight is 322 g/mol. The van der Waals surface area contributed by atoms with Crippen molar-refractivity contribution in [3.05, 3.63) is 69.7 Å². The second-order valence-corrected chi connectivity index (χ2v) is 5.73. The Morgan fingerprint density at radius 3 is 2.92 bits per heavy atom. The fourth-order valence-electron chi connectivity index (χ4n) is 3.05. The third kappa shape index (κ3) is 2.32. The summed E-state index contributed by atoms with van der Waals surface area (Å²) in [5.74, 6) is -0.346. The Morgan fingerprint density at radius 1 is 1.29 bits per heavy atom. The number of nitrogens with zero attached hydrogens (tertiary/aromatic N) is 2. The Morgan fingerprint density at radius 2 is 2.17 bits per heavy atom. The molecule has 6 heteroatoms. The number of aromatic carboxylic acids is 1. The summed E-state index contributed by atoms with van der Waals surface area (Å²) in [6, 6.07) is 6.68. The van der Waals surface area contributed by atoms with Crippen LogP contribution in [0.4, 0.5) is 0 Å². The van der Waals surface area contributed by atoms with Gasteiger partial charge in [0.15, 0.2) is 0 Å². The number of aromatic nitrogens is 2. The molecule has 0 unspecified atom stereocenters. The summed E-state index contributed by atoms with van der Waals surface area (Å²) in [6.45, 7) is 0. The number of carbonyl (C=O) groups is 1. The number of allylic oxidation sites excluding steroid dienone is 1. The standard InChI is InChI=1S/C18H14N2O4/c21-17-14-5-1-3-11(9-13-4-2-8-24-13)16(14)19-15-7-6-12(18(22)23)10-20(15)17/h2,4,6-10H,1,3,5H2,(H,22,23)/b11-9-. The van der Waals surface area contributed by atoms with E-state index in [1.165, 1.54) is 16.7 Å². The lowest BCUT2D eigenvalue weighted by atomic mass is 9.91. The SMILES string of the molecule is O=C(O)c1ccc2nc3c(c(=O)n2c1)CCC/C3=C/c1ccco1. The Kier molecular flexibility index (Phi) is 3.30. The van der Waals surface area contributed by atoms with E-state index in [2.05, 4.69) is 4.98 Å². The van der Waals surface area contributed by atoms with Gasteiger partial charge in [-0.05, 0) is 55.2 Å². The summed E-state index contributed by atoms with van der Waals surface area (Å²) in [5, 5.41) is 9.10. The van der Waals surface area contributed by atoms with Crippen molar-refractivity contribution in [2.75, 3.05) is 0 Å². The van der Waals surface area contributed by atoms with E-state index in [0.717, 1.165) is 24.2 Å². The molecule has 4 rings (SSSR count). The van der Waals surface area contributed by atoms with E-state index < -0.39 is 5.97 Å². The van der Waals surface area contributed by atoms with Gasteiger partial charge in [-0.1, -0.05) is 0 Å². The van der Waals surface area contributed by atoms with Crippen molar-refractivity contribution in [1.82, 2.24) is 9.38 Å². The summed E-state index contributed by atoms with van der Waals surface area (Å²) in [5.41, 5.74) is 2.57. The van der Waals surface area contributed by atoms with E-state index in [4.69, 9.17) is 9.52 Å². The first-order valence-corrected chi connectivity index (χ1v) is 7.66. The van der Waals surface area contributed by atoms with Gasteiger partial charge < -0.3 is 9.52 Å². The number of hydrogen-bond donors (Lipinski definition) is 1. The maximum atomic E-state index is 12.8. The maximum absolute atomic E-state index is 12.8. The fraction of sp³-hybridized carbons (Fsp3) is 0.167. The van der Waals surface area contributed by atoms with Crippen LogP contribution in [0.2, 0.25) is 0 Å². The molecule has 0 aliphatic heterocycles. The van der Waals surface area contributed by atoms with Crippen LogP contribution >= 0.6 is 0 Å². The molecule has 1 aliphatic carbocycles. The molecule has 0 saturated carbocycles. The first-order chi connectivity index (χ1) is 11.6. The highest BCUT2D eigenvalue weighted by Gasteiger charge is 2.21. The van der Waals surface area contributed by atoms with Crippen LogP contribution < -0.4 is 5.56 Å². The van der Waals surface area contributed by atoms with E-state index >= 15 is 0 Å². The van der Waals surface area contributed by atoms with Crippen molar-refractivity contribution in [2.45, 2.75) is 19.3 Å². The van der Waals surface area contributed by atoms with Crippen LogP contribution in [0.3, 0.4) is 0 Å². The number of hydrogen-bond acceptors (Lipinski definition) is 4. The monoisotopic (exact) mass is 322 g/mol. The van der Waals surface area contributed by atoms with Gasteiger partial charge in [0.25, 0.3) is 5.56 Å². The molecule has 0 bridgehead atoms. The summed E-state index contributed by atoms with van der Waals surface area (Å²) in [6.07, 6.45) is 7.15. The Labute approximate surface area is 136 Å². The molecule has 6 nitrogen and oxygen atoms in total. The Bertz CT molecular complexity index is 1030. The first kappa shape index (κ1) is 14.4. The van der Waals surface area contributed by atoms with Gasteiger partial charge in [0.2, 0.25) is 0 Å². The quantitative estimate of drug-likeness (QED) is 0.784. The van der Waals surface area contributed by atoms with Crippen LogP contribution in [-0.4, -0.2) is 20.5 Å². The molecule has 3 aromatic heterocycles. The van der Waals surface area contributed by atoms with Crippen molar-refractivity contribution < 1.29 is 14.3 Å². The minimum atomic E-state index is -1.07. The third-order valence-corrected chi connectivity index (χ3v) is 4.20. The number of carboxylic acid groups (broad SMARTS) is 1. The Hall–Kier alpha value is -3.15. The molecule has 1 N–H and O–H groups in total. The van der Waals surface area contributed by atoms with Gasteiger partial charge in [-0.3, -0.25) is 9.20 Å². The smallest absolute Gasteiger partial charge is 0.337 e. The van der Waals surface area contributed by atoms with Crippen molar-refractivity contribution in [3.63, 3.8) is 0 Å². The minimum Gasteiger partial charge on any atom is -0.478 e. The third-order valence-electron chi connectivity index (χ3n) is 4.20. The van der Waals surface area contributed by atoms with Gasteiger partial charge >= 0.3 is 5.97 Å². The molecule has 0 aromatic carbocycles. The van der Waals surface area contributed by atoms with Crippen LogP contribution in [0.1, 0.15) is 40.2 Å². The van der Waals surface area contributed by atoms with E-state index in [9.17, 15) is 9.59 Å². The summed E-state index contributed by atoms with van der Waals surface area (Å²) < 4.78 is 6.68. The zero-order chi connectivity index (χ0) is 16.7. The molecule has 0 spiro atoms. The van der Waals surface area contributed by atoms with E-state index in [0.29, 0.717) is 23.3 Å². The lowest BCUT2D eigenvalue weighted by Crippen LogP contribution is -2.25. The second kappa shape index (κ2) is 5.49. The number of rotatable bonds is 2. The van der Waals surface area contributed by atoms with Gasteiger partial charge in [0.1, 0.15) is 11.4 Å². The van der Waals surface area contributed by atoms with Crippen molar-refractivity contribution in [2.24, 2.45) is 0 Å². The molecular weight excluding hydrogens is 308 g/mol. The highest BCUT2D eigenvalue weighted by molar-refractivity contribution is 5.87. The van der Waals surface area contributed by atoms with Gasteiger partial charge in [-0.15, -0.1) is 0 Å². The minimum absolute atomic E-state index is 0.0634. The molecule has 3 aromatic rings. The van der Waals surface area contributed by atoms with Crippen LogP contribution in [-0.2, 0) is 6.42 Å². The van der Waals surface area contributed by atoms with Crippen LogP contribution in [0.25, 0.3) is 17.3 Å². The lowest BCUT2D eigenvalue weighted by molar-refractivity contribution is 0.0696. The van der Waals surface area contributed by atoms with Crippen LogP contribution in [0.15, 0.2) is 45.9 Å². The average Bonchev–Trinajstić information content (AvgIpc) is 3.08. The highest BCUT2D eigenvalue weighted by atomic mass is 16.4. The maximum Gasteiger partial charge on any atom is 0.337 e. The van der Waals surface area contributed by atoms with Crippen molar-refractivity contribution in [3.8, 4) is 0 Å². The normalized spacial score (nSPS) is 15.6. The van der Waals surface area contributed by atoms with Crippen molar-refractivity contribution >= 4 is 23.3 Å². The molecule has 24 heavy (non-hydrogen) atoms. The second-order valence-electron chi connectivity index (χ2n) is 5.73. The molecule has 120 valence electrons. The first-order valence-electron chi connectivity index (χ1n) is 7.66. The van der Waals surface area contributed by atoms with E-state index in [-0.39, 0.29) is 11.1 Å². The molecule has 0 saturated heterocycles. The molecule has 0 atom stereocenters. The molecule has 3 heterocycles. The summed E-state index contributed by atoms with van der Waals surface area (Å²) in [4.78, 5) is 28.5. The molecule has 0 amide bonds. The van der Waals surface area contributed by atoms with Gasteiger partial charge in [0.05, 0.1) is 17.5 Å². The predicted octanol–water partition coefficient (Wildman–Crippen LogP) is 2.86. The van der Waals surface area contributed by atoms with Gasteiger partial charge in [0, 0.05) is 11.8 Å². The largest absolute Gasteiger partial charge is 0.478 e. The Balaban J connectivity index is 1.94. The van der Waals surface area contributed by atoms with E-state index in [1.807, 2.05) is 18.2 Å². The zero-order valence-corrected chi connectivity index (χ0v) is 12.7. The van der Waals surface area contributed by atoms with E-state index in [1.54, 1.807) is 12.3 Å².